The Labute approximate surface area is 97.2 Å². The van der Waals surface area contributed by atoms with Gasteiger partial charge < -0.3 is 14.6 Å². The van der Waals surface area contributed by atoms with Crippen molar-refractivity contribution >= 4 is 13.8 Å². The number of pyridine rings is 1. The van der Waals surface area contributed by atoms with Gasteiger partial charge in [0.1, 0.15) is 5.75 Å². The minimum absolute atomic E-state index is 0.437. The van der Waals surface area contributed by atoms with Gasteiger partial charge in [-0.05, 0) is 13.3 Å². The smallest absolute Gasteiger partial charge is 0.219 e. The van der Waals surface area contributed by atoms with E-state index in [2.05, 4.69) is 16.2 Å². The average molecular weight is 238 g/mol. The first-order valence-corrected chi connectivity index (χ1v) is 6.89. The summed E-state index contributed by atoms with van der Waals surface area (Å²) in [6.45, 7) is 4.45. The number of ether oxygens (including phenoxy) is 1. The van der Waals surface area contributed by atoms with E-state index < -0.39 is 8.15 Å². The number of terminal acetylenes is 1. The maximum Gasteiger partial charge on any atom is 0.219 e. The molecule has 0 saturated carbocycles. The maximum atomic E-state index is 5.52. The summed E-state index contributed by atoms with van der Waals surface area (Å²) < 4.78 is 10.7. The molecular weight excluding hydrogens is 223 g/mol. The highest BCUT2D eigenvalue weighted by molar-refractivity contribution is 7.51. The molecule has 0 spiro atoms. The summed E-state index contributed by atoms with van der Waals surface area (Å²) in [6.07, 6.45) is 6.82. The summed E-state index contributed by atoms with van der Waals surface area (Å²) in [7, 11) is 1.11. The third-order valence-electron chi connectivity index (χ3n) is 1.72. The lowest BCUT2D eigenvalue weighted by Gasteiger charge is -2.12. The summed E-state index contributed by atoms with van der Waals surface area (Å²) in [4.78, 5) is 4.16. The first kappa shape index (κ1) is 12.6. The Kier molecular flexibility index (Phi) is 4.88. The van der Waals surface area contributed by atoms with Gasteiger partial charge >= 0.3 is 0 Å². The number of hydrogen-bond acceptors (Lipinski definition) is 4. The Morgan fingerprint density at radius 3 is 2.88 bits per heavy atom. The van der Waals surface area contributed by atoms with Crippen molar-refractivity contribution in [3.05, 3.63) is 12.3 Å². The fourth-order valence-electron chi connectivity index (χ4n) is 1.10. The molecule has 0 amide bonds. The van der Waals surface area contributed by atoms with Crippen molar-refractivity contribution in [2.75, 3.05) is 32.3 Å². The molecule has 0 unspecified atom stereocenters. The number of rotatable bonds is 5. The number of aromatic nitrogens is 1. The molecular formula is C11H15N2O2P. The molecule has 0 aliphatic heterocycles. The van der Waals surface area contributed by atoms with Crippen LogP contribution in [-0.4, -0.2) is 32.0 Å². The van der Waals surface area contributed by atoms with Gasteiger partial charge in [0.2, 0.25) is 5.88 Å². The Hall–Kier alpha value is -1.46. The average Bonchev–Trinajstić information content (AvgIpc) is 2.26. The van der Waals surface area contributed by atoms with Crippen LogP contribution in [0, 0.1) is 12.3 Å². The second-order valence-corrected chi connectivity index (χ2v) is 4.99. The van der Waals surface area contributed by atoms with Gasteiger partial charge in [0.15, 0.2) is 0 Å². The van der Waals surface area contributed by atoms with Crippen LogP contribution in [0.4, 0.5) is 5.69 Å². The third kappa shape index (κ3) is 3.60. The van der Waals surface area contributed by atoms with Gasteiger partial charge in [-0.1, -0.05) is 5.92 Å². The zero-order chi connectivity index (χ0) is 12.0. The summed E-state index contributed by atoms with van der Waals surface area (Å²) in [5.74, 6) is 3.74. The summed E-state index contributed by atoms with van der Waals surface area (Å²) in [6, 6.07) is 1.75. The Balaban J connectivity index is 2.84. The van der Waals surface area contributed by atoms with Crippen molar-refractivity contribution in [1.29, 1.82) is 0 Å². The SMILES string of the molecule is C#CCNc1cnc(OP(C)C)cc1OC. The zero-order valence-electron chi connectivity index (χ0n) is 9.65. The van der Waals surface area contributed by atoms with Gasteiger partial charge in [0.05, 0.1) is 33.7 Å². The van der Waals surface area contributed by atoms with Crippen LogP contribution < -0.4 is 14.6 Å². The zero-order valence-corrected chi connectivity index (χ0v) is 10.5. The first-order chi connectivity index (χ1) is 7.67. The fourth-order valence-corrected chi connectivity index (χ4v) is 1.58. The van der Waals surface area contributed by atoms with Crippen LogP contribution in [0.1, 0.15) is 0 Å². The summed E-state index contributed by atoms with van der Waals surface area (Å²) in [5.41, 5.74) is 0.768. The molecule has 1 heterocycles. The Morgan fingerprint density at radius 2 is 2.31 bits per heavy atom. The van der Waals surface area contributed by atoms with Gasteiger partial charge in [0, 0.05) is 6.07 Å². The van der Waals surface area contributed by atoms with E-state index in [0.29, 0.717) is 18.2 Å². The van der Waals surface area contributed by atoms with Gasteiger partial charge in [-0.3, -0.25) is 0 Å². The molecule has 0 aliphatic carbocycles. The van der Waals surface area contributed by atoms with Crippen LogP contribution in [0.2, 0.25) is 0 Å². The topological polar surface area (TPSA) is 43.4 Å². The van der Waals surface area contributed by atoms with Crippen LogP contribution in [-0.2, 0) is 0 Å². The van der Waals surface area contributed by atoms with E-state index in [1.807, 2.05) is 13.3 Å². The van der Waals surface area contributed by atoms with E-state index in [9.17, 15) is 0 Å². The monoisotopic (exact) mass is 238 g/mol. The van der Waals surface area contributed by atoms with Crippen LogP contribution in [0.25, 0.3) is 0 Å². The number of anilines is 1. The highest BCUT2D eigenvalue weighted by atomic mass is 31.1. The molecule has 1 aromatic rings. The van der Waals surface area contributed by atoms with E-state index in [4.69, 9.17) is 15.7 Å². The van der Waals surface area contributed by atoms with Crippen LogP contribution in [0.5, 0.6) is 11.6 Å². The van der Waals surface area contributed by atoms with Crippen molar-refractivity contribution in [2.24, 2.45) is 0 Å². The maximum absolute atomic E-state index is 5.52. The molecule has 0 bridgehead atoms. The Morgan fingerprint density at radius 1 is 1.56 bits per heavy atom. The molecule has 16 heavy (non-hydrogen) atoms. The van der Waals surface area contributed by atoms with Crippen molar-refractivity contribution in [2.45, 2.75) is 0 Å². The first-order valence-electron chi connectivity index (χ1n) is 4.74. The number of nitrogens with zero attached hydrogens (tertiary/aromatic N) is 1. The minimum atomic E-state index is -0.486. The molecule has 0 atom stereocenters. The van der Waals surface area contributed by atoms with Gasteiger partial charge in [0.25, 0.3) is 0 Å². The van der Waals surface area contributed by atoms with Gasteiger partial charge in [-0.15, -0.1) is 6.42 Å². The summed E-state index contributed by atoms with van der Waals surface area (Å²) >= 11 is 0. The fraction of sp³-hybridized carbons (Fsp3) is 0.364. The highest BCUT2D eigenvalue weighted by Crippen LogP contribution is 2.33. The predicted molar refractivity (Wildman–Crippen MR) is 67.5 cm³/mol. The van der Waals surface area contributed by atoms with E-state index in [-0.39, 0.29) is 0 Å². The molecule has 1 aromatic heterocycles. The van der Waals surface area contributed by atoms with Crippen LogP contribution >= 0.6 is 8.15 Å². The second kappa shape index (κ2) is 6.19. The van der Waals surface area contributed by atoms with Crippen LogP contribution in [0.15, 0.2) is 12.3 Å². The second-order valence-electron chi connectivity index (χ2n) is 3.18. The Bertz CT molecular complexity index is 388. The molecule has 86 valence electrons. The lowest BCUT2D eigenvalue weighted by atomic mass is 10.3. The van der Waals surface area contributed by atoms with Gasteiger partial charge in [-0.2, -0.15) is 0 Å². The lowest BCUT2D eigenvalue weighted by Crippen LogP contribution is -2.02. The quantitative estimate of drug-likeness (QED) is 0.630. The summed E-state index contributed by atoms with van der Waals surface area (Å²) in [5, 5.41) is 3.02. The molecule has 1 rings (SSSR count). The van der Waals surface area contributed by atoms with Crippen molar-refractivity contribution in [3.8, 4) is 24.0 Å². The predicted octanol–water partition coefficient (Wildman–Crippen LogP) is 2.17. The number of nitrogens with one attached hydrogen (secondary N) is 1. The minimum Gasteiger partial charge on any atom is -0.494 e. The van der Waals surface area contributed by atoms with Gasteiger partial charge in [-0.25, -0.2) is 4.98 Å². The molecule has 0 radical (unpaired) electrons. The number of methoxy groups -OCH3 is 1. The van der Waals surface area contributed by atoms with E-state index in [1.54, 1.807) is 19.4 Å². The normalized spacial score (nSPS) is 9.69. The van der Waals surface area contributed by atoms with E-state index in [0.717, 1.165) is 5.69 Å². The standard InChI is InChI=1S/C11H15N2O2P/c1-5-6-12-9-8-13-11(15-16(3)4)7-10(9)14-2/h1,7-8,12H,6H2,2-4H3. The lowest BCUT2D eigenvalue weighted by molar-refractivity contribution is 0.413. The molecule has 0 fully saturated rings. The van der Waals surface area contributed by atoms with Crippen molar-refractivity contribution in [3.63, 3.8) is 0 Å². The molecule has 0 aliphatic rings. The number of hydrogen-bond donors (Lipinski definition) is 1. The van der Waals surface area contributed by atoms with Crippen molar-refractivity contribution < 1.29 is 9.26 Å². The van der Waals surface area contributed by atoms with Crippen molar-refractivity contribution in [1.82, 2.24) is 4.98 Å². The van der Waals surface area contributed by atoms with E-state index in [1.165, 1.54) is 0 Å². The molecule has 1 N–H and O–H groups in total. The molecule has 4 nitrogen and oxygen atoms in total. The molecule has 0 saturated heterocycles. The van der Waals surface area contributed by atoms with Crippen LogP contribution in [0.3, 0.4) is 0 Å². The largest absolute Gasteiger partial charge is 0.494 e. The highest BCUT2D eigenvalue weighted by Gasteiger charge is 2.06. The molecule has 0 aromatic carbocycles. The third-order valence-corrected chi connectivity index (χ3v) is 2.27. The van der Waals surface area contributed by atoms with E-state index >= 15 is 0 Å². The molecule has 5 heteroatoms.